The number of aryl methyl sites for hydroxylation is 5. The second kappa shape index (κ2) is 32.1. The predicted molar refractivity (Wildman–Crippen MR) is 504 cm³/mol. The van der Waals surface area contributed by atoms with E-state index in [-0.39, 0.29) is 0 Å². The molecule has 5 heterocycles. The molecule has 0 saturated carbocycles. The molecule has 0 aliphatic rings. The van der Waals surface area contributed by atoms with E-state index in [1.807, 2.05) is 0 Å². The van der Waals surface area contributed by atoms with Crippen molar-refractivity contribution in [3.63, 3.8) is 0 Å². The summed E-state index contributed by atoms with van der Waals surface area (Å²) in [4.78, 5) is 0. The van der Waals surface area contributed by atoms with Crippen molar-refractivity contribution in [3.05, 3.63) is 465 Å². The van der Waals surface area contributed by atoms with E-state index in [4.69, 9.17) is 0 Å². The quantitative estimate of drug-likeness (QED) is 0.145. The second-order valence-electron chi connectivity index (χ2n) is 30.7. The van der Waals surface area contributed by atoms with Crippen LogP contribution in [-0.2, 0) is 0 Å². The van der Waals surface area contributed by atoms with Crippen LogP contribution in [0.2, 0.25) is 0 Å². The van der Waals surface area contributed by atoms with Crippen molar-refractivity contribution < 1.29 is 0 Å². The van der Waals surface area contributed by atoms with Crippen molar-refractivity contribution in [1.82, 2.24) is 22.8 Å². The van der Waals surface area contributed by atoms with Gasteiger partial charge in [0.1, 0.15) is 0 Å². The van der Waals surface area contributed by atoms with E-state index < -0.39 is 0 Å². The molecule has 0 aliphatic heterocycles. The SMILES string of the molecule is Cc1ccc(-n2c3ccccc3c3cc(-c4ccccc4)ccc32)cc1.Cc1cccc(-n2c3ccccc3c3cc(-c4ccccc4)ccc32)c1.Cc1cccc(-n2c3ccccc3c3ccccc32)c1.Cc1ccccc1-n1c2ccccc2c2cc(-c3ccccc3)ccc21.Cc1ccccc1-n1c2ccccc2c2ccccc21. The van der Waals surface area contributed by atoms with Crippen molar-refractivity contribution in [3.8, 4) is 61.8 Å². The van der Waals surface area contributed by atoms with Gasteiger partial charge in [0.15, 0.2) is 0 Å². The molecule has 0 fully saturated rings. The standard InChI is InChI=1S/3C25H19N.2C19H15N/c1-18-9-5-7-13-23(18)26-24-14-8-6-12-21(24)22-17-20(15-16-25(22)26)19-10-3-2-4-11-19;1-18-8-7-11-21(16-18)26-24-13-6-5-12-22(24)23-17-20(14-15-25(23)26)19-9-3-2-4-10-19;1-18-11-14-21(15-12-18)26-24-10-6-5-9-22(24)23-17-20(13-16-25(23)26)19-7-3-2-4-8-19;1-14-8-2-5-11-17(14)20-18-12-6-3-9-15(18)16-10-4-7-13-19(16)20;1-14-7-6-8-15(13-14)20-18-11-4-2-9-16(18)17-10-3-5-12-19(17)20/h3*2-17H,1H3;2*2-13H,1H3. The van der Waals surface area contributed by atoms with Gasteiger partial charge < -0.3 is 22.8 Å². The lowest BCUT2D eigenvalue weighted by atomic mass is 10.0. The lowest BCUT2D eigenvalue weighted by Gasteiger charge is -2.11. The summed E-state index contributed by atoms with van der Waals surface area (Å²) in [5.74, 6) is 0. The summed E-state index contributed by atoms with van der Waals surface area (Å²) >= 11 is 0. The fourth-order valence-corrected chi connectivity index (χ4v) is 17.4. The summed E-state index contributed by atoms with van der Waals surface area (Å²) < 4.78 is 11.8. The fourth-order valence-electron chi connectivity index (χ4n) is 17.4. The summed E-state index contributed by atoms with van der Waals surface area (Å²) in [5.41, 5.74) is 32.6. The molecule has 0 unspecified atom stereocenters. The van der Waals surface area contributed by atoms with Crippen LogP contribution in [0.15, 0.2) is 437 Å². The highest BCUT2D eigenvalue weighted by Crippen LogP contribution is 2.41. The van der Waals surface area contributed by atoms with Gasteiger partial charge >= 0.3 is 0 Å². The van der Waals surface area contributed by atoms with Crippen LogP contribution in [0, 0.1) is 34.6 Å². The molecule has 5 nitrogen and oxygen atoms in total. The van der Waals surface area contributed by atoms with Crippen molar-refractivity contribution >= 4 is 109 Å². The minimum Gasteiger partial charge on any atom is -0.309 e. The van der Waals surface area contributed by atoms with Gasteiger partial charge in [0.05, 0.1) is 55.2 Å². The molecule has 0 bridgehead atoms. The number of aromatic nitrogens is 5. The molecule has 0 saturated heterocycles. The molecule has 0 N–H and O–H groups in total. The minimum atomic E-state index is 1.20. The Bertz CT molecular complexity index is 7490. The third-order valence-corrected chi connectivity index (χ3v) is 23.0. The monoisotopic (exact) mass is 1510 g/mol. The molecule has 0 amide bonds. The Morgan fingerprint density at radius 1 is 0.136 bits per heavy atom. The van der Waals surface area contributed by atoms with E-state index in [0.29, 0.717) is 0 Å². The van der Waals surface area contributed by atoms with Gasteiger partial charge in [0, 0.05) is 82.3 Å². The lowest BCUT2D eigenvalue weighted by Crippen LogP contribution is -1.96. The number of nitrogens with zero attached hydrogens (tertiary/aromatic N) is 5. The van der Waals surface area contributed by atoms with Gasteiger partial charge in [0.2, 0.25) is 0 Å². The highest BCUT2D eigenvalue weighted by atomic mass is 15.0. The summed E-state index contributed by atoms with van der Waals surface area (Å²) in [6.07, 6.45) is 0. The van der Waals surface area contributed by atoms with Crippen LogP contribution in [0.25, 0.3) is 171 Å². The van der Waals surface area contributed by atoms with Gasteiger partial charge in [-0.2, -0.15) is 0 Å². The van der Waals surface area contributed by atoms with Gasteiger partial charge in [-0.1, -0.05) is 315 Å². The van der Waals surface area contributed by atoms with Gasteiger partial charge in [0.25, 0.3) is 0 Å². The molecule has 5 aromatic heterocycles. The van der Waals surface area contributed by atoms with Crippen molar-refractivity contribution in [2.45, 2.75) is 34.6 Å². The van der Waals surface area contributed by atoms with Crippen LogP contribution >= 0.6 is 0 Å². The number of para-hydroxylation sites is 9. The molecule has 18 aromatic carbocycles. The Kier molecular flexibility index (Phi) is 19.9. The van der Waals surface area contributed by atoms with Crippen LogP contribution < -0.4 is 0 Å². The highest BCUT2D eigenvalue weighted by Gasteiger charge is 2.19. The Labute approximate surface area is 688 Å². The third-order valence-electron chi connectivity index (χ3n) is 23.0. The Morgan fingerprint density at radius 3 is 0.686 bits per heavy atom. The molecule has 0 atom stereocenters. The summed E-state index contributed by atoms with van der Waals surface area (Å²) in [5, 5.41) is 13.0. The molecule has 564 valence electrons. The molecule has 23 rings (SSSR count). The van der Waals surface area contributed by atoms with Crippen molar-refractivity contribution in [1.29, 1.82) is 0 Å². The molecule has 0 spiro atoms. The number of fused-ring (bicyclic) bond motifs is 15. The molecular formula is C113H87N5. The maximum atomic E-state index is 2.38. The topological polar surface area (TPSA) is 24.6 Å². The Morgan fingerprint density at radius 2 is 0.381 bits per heavy atom. The van der Waals surface area contributed by atoms with E-state index in [1.54, 1.807) is 0 Å². The molecule has 0 radical (unpaired) electrons. The second-order valence-corrected chi connectivity index (χ2v) is 30.7. The van der Waals surface area contributed by atoms with Crippen LogP contribution in [0.4, 0.5) is 0 Å². The normalized spacial score (nSPS) is 11.3. The molecule has 23 aromatic rings. The van der Waals surface area contributed by atoms with Gasteiger partial charge in [-0.3, -0.25) is 0 Å². The molecule has 5 heteroatoms. The number of rotatable bonds is 8. The first-order chi connectivity index (χ1) is 58.1. The van der Waals surface area contributed by atoms with Gasteiger partial charge in [-0.05, 0) is 218 Å². The predicted octanol–water partition coefficient (Wildman–Crippen LogP) is 30.5. The van der Waals surface area contributed by atoms with Gasteiger partial charge in [-0.25, -0.2) is 0 Å². The van der Waals surface area contributed by atoms with Crippen LogP contribution in [0.3, 0.4) is 0 Å². The molecule has 0 aliphatic carbocycles. The van der Waals surface area contributed by atoms with Crippen molar-refractivity contribution in [2.75, 3.05) is 0 Å². The average molecular weight is 1510 g/mol. The number of hydrogen-bond donors (Lipinski definition) is 0. The third kappa shape index (κ3) is 13.9. The zero-order valence-electron chi connectivity index (χ0n) is 66.8. The fraction of sp³-hybridized carbons (Fsp3) is 0.0442. The zero-order chi connectivity index (χ0) is 79.6. The first kappa shape index (κ1) is 73.2. The summed E-state index contributed by atoms with van der Waals surface area (Å²) in [6.45, 7) is 10.7. The number of hydrogen-bond acceptors (Lipinski definition) is 0. The first-order valence-electron chi connectivity index (χ1n) is 40.7. The van der Waals surface area contributed by atoms with Crippen LogP contribution in [0.1, 0.15) is 27.8 Å². The van der Waals surface area contributed by atoms with E-state index in [0.717, 1.165) is 0 Å². The van der Waals surface area contributed by atoms with Gasteiger partial charge in [-0.15, -0.1) is 0 Å². The molecular weight excluding hydrogens is 1430 g/mol. The zero-order valence-corrected chi connectivity index (χ0v) is 66.8. The minimum absolute atomic E-state index is 1.20. The Hall–Kier alpha value is -15.0. The van der Waals surface area contributed by atoms with E-state index in [9.17, 15) is 0 Å². The average Bonchev–Trinajstić information content (AvgIpc) is 1.59. The van der Waals surface area contributed by atoms with Crippen LogP contribution in [0.5, 0.6) is 0 Å². The smallest absolute Gasteiger partial charge is 0.0541 e. The maximum absolute atomic E-state index is 2.38. The van der Waals surface area contributed by atoms with E-state index >= 15 is 0 Å². The van der Waals surface area contributed by atoms with E-state index in [1.165, 1.54) is 199 Å². The van der Waals surface area contributed by atoms with Crippen LogP contribution in [-0.4, -0.2) is 22.8 Å². The van der Waals surface area contributed by atoms with Crippen molar-refractivity contribution in [2.24, 2.45) is 0 Å². The lowest BCUT2D eigenvalue weighted by molar-refractivity contribution is 1.15. The highest BCUT2D eigenvalue weighted by molar-refractivity contribution is 6.14. The summed E-state index contributed by atoms with van der Waals surface area (Å²) in [6, 6.07) is 156. The largest absolute Gasteiger partial charge is 0.309 e. The first-order valence-corrected chi connectivity index (χ1v) is 40.7. The summed E-state index contributed by atoms with van der Waals surface area (Å²) in [7, 11) is 0. The molecule has 118 heavy (non-hydrogen) atoms. The number of benzene rings is 18. The maximum Gasteiger partial charge on any atom is 0.0541 e. The Balaban J connectivity index is 0.0000000984. The van der Waals surface area contributed by atoms with E-state index in [2.05, 4.69) is 494 Å².